The van der Waals surface area contributed by atoms with Crippen molar-refractivity contribution in [3.63, 3.8) is 0 Å². The summed E-state index contributed by atoms with van der Waals surface area (Å²) in [6.45, 7) is 4.10. The molecule has 0 bridgehead atoms. The summed E-state index contributed by atoms with van der Waals surface area (Å²) in [7, 11) is -4.30. The lowest BCUT2D eigenvalue weighted by atomic mass is 10.0. The number of nitrogen functional groups attached to an aromatic ring is 1. The van der Waals surface area contributed by atoms with Gasteiger partial charge in [-0.05, 0) is 75.7 Å². The molecule has 14 heteroatoms. The van der Waals surface area contributed by atoms with E-state index in [2.05, 4.69) is 10.6 Å². The van der Waals surface area contributed by atoms with Crippen molar-refractivity contribution in [1.82, 2.24) is 10.2 Å². The topological polar surface area (TPSA) is 185 Å². The smallest absolute Gasteiger partial charge is 0.335 e. The van der Waals surface area contributed by atoms with Crippen LogP contribution in [0, 0.1) is 5.82 Å². The average Bonchev–Trinajstić information content (AvgIpc) is 3.37. The summed E-state index contributed by atoms with van der Waals surface area (Å²) in [6, 6.07) is 12.3. The minimum Gasteiger partial charge on any atom is -0.478 e. The molecule has 0 aromatic heterocycles. The summed E-state index contributed by atoms with van der Waals surface area (Å²) in [5, 5.41) is 12.5. The van der Waals surface area contributed by atoms with Crippen molar-refractivity contribution in [1.29, 1.82) is 0 Å². The van der Waals surface area contributed by atoms with Crippen molar-refractivity contribution in [3.8, 4) is 0 Å². The maximum Gasteiger partial charge on any atom is 0.335 e. The highest BCUT2D eigenvalue weighted by atomic mass is 32.2. The van der Waals surface area contributed by atoms with E-state index in [1.807, 2.05) is 0 Å². The fourth-order valence-electron chi connectivity index (χ4n) is 5.09. The van der Waals surface area contributed by atoms with Gasteiger partial charge in [0.25, 0.3) is 0 Å². The summed E-state index contributed by atoms with van der Waals surface area (Å²) in [5.41, 5.74) is 4.96. The van der Waals surface area contributed by atoms with Gasteiger partial charge in [-0.3, -0.25) is 4.79 Å². The number of benzene rings is 3. The summed E-state index contributed by atoms with van der Waals surface area (Å²) < 4.78 is 49.0. The number of hydrogen-bond acceptors (Lipinski definition) is 8. The van der Waals surface area contributed by atoms with Crippen molar-refractivity contribution in [2.24, 2.45) is 0 Å². The number of likely N-dealkylation sites (tertiary alicyclic amines) is 1. The second kappa shape index (κ2) is 12.9. The predicted octanol–water partition coefficient (Wildman–Crippen LogP) is 3.75. The van der Waals surface area contributed by atoms with Crippen LogP contribution in [-0.2, 0) is 24.2 Å². The Morgan fingerprint density at radius 2 is 1.69 bits per heavy atom. The zero-order chi connectivity index (χ0) is 33.1. The van der Waals surface area contributed by atoms with Gasteiger partial charge in [-0.25, -0.2) is 27.2 Å². The van der Waals surface area contributed by atoms with Gasteiger partial charge in [0.2, 0.25) is 5.91 Å². The van der Waals surface area contributed by atoms with Gasteiger partial charge in [0.05, 0.1) is 28.3 Å². The van der Waals surface area contributed by atoms with Gasteiger partial charge in [0, 0.05) is 16.9 Å². The number of carboxylic acids is 1. The molecule has 0 aliphatic carbocycles. The highest BCUT2D eigenvalue weighted by Gasteiger charge is 2.54. The lowest BCUT2D eigenvalue weighted by Gasteiger charge is -2.32. The van der Waals surface area contributed by atoms with Gasteiger partial charge in [-0.15, -0.1) is 0 Å². The van der Waals surface area contributed by atoms with Crippen LogP contribution < -0.4 is 16.4 Å². The van der Waals surface area contributed by atoms with Crippen LogP contribution in [0.25, 0.3) is 0 Å². The van der Waals surface area contributed by atoms with E-state index >= 15 is 4.39 Å². The number of sulfone groups is 1. The number of halogens is 1. The first-order chi connectivity index (χ1) is 21.1. The quantitative estimate of drug-likeness (QED) is 0.210. The SMILES string of the molecule is CC(C)(C)OC(=O)C1CC(S(=O)(=O)c2ccc(N)cc2)C(c2ccccc2F)N1C(=O)CNC(=O)Nc1cccc(C(=O)O)c1. The highest BCUT2D eigenvalue weighted by Crippen LogP contribution is 2.44. The second-order valence-electron chi connectivity index (χ2n) is 11.4. The third kappa shape index (κ3) is 7.58. The fourth-order valence-corrected chi connectivity index (χ4v) is 7.01. The van der Waals surface area contributed by atoms with Crippen LogP contribution in [-0.4, -0.2) is 65.7 Å². The molecule has 1 aliphatic rings. The van der Waals surface area contributed by atoms with Crippen LogP contribution in [0.4, 0.5) is 20.6 Å². The van der Waals surface area contributed by atoms with Crippen LogP contribution in [0.15, 0.2) is 77.7 Å². The molecule has 238 valence electrons. The van der Waals surface area contributed by atoms with Crippen molar-refractivity contribution in [2.75, 3.05) is 17.6 Å². The van der Waals surface area contributed by atoms with E-state index in [9.17, 15) is 32.7 Å². The number of ether oxygens (including phenoxy) is 1. The third-order valence-corrected chi connectivity index (χ3v) is 9.19. The van der Waals surface area contributed by atoms with E-state index in [1.165, 1.54) is 66.7 Å². The molecule has 3 unspecified atom stereocenters. The molecular formula is C31H33FN4O8S. The zero-order valence-electron chi connectivity index (χ0n) is 24.7. The van der Waals surface area contributed by atoms with Gasteiger partial charge >= 0.3 is 18.0 Å². The van der Waals surface area contributed by atoms with Gasteiger partial charge in [-0.2, -0.15) is 0 Å². The van der Waals surface area contributed by atoms with E-state index in [0.29, 0.717) is 5.69 Å². The highest BCUT2D eigenvalue weighted by molar-refractivity contribution is 7.92. The molecule has 4 rings (SSSR count). The monoisotopic (exact) mass is 640 g/mol. The first-order valence-corrected chi connectivity index (χ1v) is 15.4. The van der Waals surface area contributed by atoms with Gasteiger partial charge in [-0.1, -0.05) is 24.3 Å². The number of carbonyl (C=O) groups is 4. The Bertz CT molecular complexity index is 1720. The molecule has 1 aliphatic heterocycles. The van der Waals surface area contributed by atoms with Gasteiger partial charge in [0.15, 0.2) is 9.84 Å². The van der Waals surface area contributed by atoms with Crippen LogP contribution in [0.1, 0.15) is 49.2 Å². The second-order valence-corrected chi connectivity index (χ2v) is 13.6. The Morgan fingerprint density at radius 1 is 1.02 bits per heavy atom. The lowest BCUT2D eigenvalue weighted by Crippen LogP contribution is -2.49. The Morgan fingerprint density at radius 3 is 2.31 bits per heavy atom. The summed E-state index contributed by atoms with van der Waals surface area (Å²) >= 11 is 0. The number of hydrogen-bond donors (Lipinski definition) is 4. The number of aromatic carboxylic acids is 1. The molecule has 45 heavy (non-hydrogen) atoms. The van der Waals surface area contributed by atoms with E-state index in [4.69, 9.17) is 10.5 Å². The van der Waals surface area contributed by atoms with Gasteiger partial charge in [0.1, 0.15) is 17.5 Å². The van der Waals surface area contributed by atoms with Crippen LogP contribution >= 0.6 is 0 Å². The average molecular weight is 641 g/mol. The molecule has 0 radical (unpaired) electrons. The van der Waals surface area contributed by atoms with Crippen molar-refractivity contribution in [2.45, 2.75) is 55.0 Å². The number of nitrogens with zero attached hydrogens (tertiary/aromatic N) is 1. The van der Waals surface area contributed by atoms with E-state index in [1.54, 1.807) is 20.8 Å². The molecule has 12 nitrogen and oxygen atoms in total. The minimum atomic E-state index is -4.30. The molecule has 0 spiro atoms. The predicted molar refractivity (Wildman–Crippen MR) is 162 cm³/mol. The Kier molecular flexibility index (Phi) is 9.47. The zero-order valence-corrected chi connectivity index (χ0v) is 25.5. The van der Waals surface area contributed by atoms with Crippen molar-refractivity contribution in [3.05, 3.63) is 89.7 Å². The summed E-state index contributed by atoms with van der Waals surface area (Å²) in [5.74, 6) is -3.79. The maximum absolute atomic E-state index is 15.4. The fraction of sp³-hybridized carbons (Fsp3) is 0.290. The summed E-state index contributed by atoms with van der Waals surface area (Å²) in [4.78, 5) is 52.1. The number of carboxylic acid groups (broad SMARTS) is 1. The van der Waals surface area contributed by atoms with E-state index < -0.39 is 75.4 Å². The number of nitrogens with one attached hydrogen (secondary N) is 2. The van der Waals surface area contributed by atoms with Crippen molar-refractivity contribution < 1.29 is 41.8 Å². The number of carbonyl (C=O) groups excluding carboxylic acids is 3. The van der Waals surface area contributed by atoms with E-state index in [0.717, 1.165) is 11.0 Å². The molecule has 1 saturated heterocycles. The van der Waals surface area contributed by atoms with Gasteiger partial charge < -0.3 is 31.1 Å². The number of urea groups is 1. The summed E-state index contributed by atoms with van der Waals surface area (Å²) in [6.07, 6.45) is -0.416. The normalized spacial score (nSPS) is 18.2. The maximum atomic E-state index is 15.4. The first-order valence-electron chi connectivity index (χ1n) is 13.8. The molecule has 3 amide bonds. The Labute approximate surface area is 259 Å². The number of rotatable bonds is 8. The molecular weight excluding hydrogens is 607 g/mol. The molecule has 3 aromatic carbocycles. The molecule has 1 fully saturated rings. The first kappa shape index (κ1) is 32.9. The largest absolute Gasteiger partial charge is 0.478 e. The molecule has 3 aromatic rings. The van der Waals surface area contributed by atoms with E-state index in [-0.39, 0.29) is 21.7 Å². The van der Waals surface area contributed by atoms with Crippen LogP contribution in [0.2, 0.25) is 0 Å². The molecule has 3 atom stereocenters. The Balaban J connectivity index is 1.71. The molecule has 5 N–H and O–H groups in total. The Hall–Kier alpha value is -4.98. The molecule has 1 heterocycles. The molecule has 0 saturated carbocycles. The number of nitrogens with two attached hydrogens (primary N) is 1. The standard InChI is InChI=1S/C31H33FN4O8S/c1-31(2,3)44-29(40)24-16-25(45(42,43)21-13-11-19(33)12-14-21)27(22-9-4-5-10-23(22)32)36(24)26(37)17-34-30(41)35-20-8-6-7-18(15-20)28(38)39/h4-15,24-25,27H,16-17,33H2,1-3H3,(H,38,39)(H2,34,35,41). The lowest BCUT2D eigenvalue weighted by molar-refractivity contribution is -0.164. The number of esters is 1. The van der Waals surface area contributed by atoms with Crippen LogP contribution in [0.3, 0.4) is 0 Å². The minimum absolute atomic E-state index is 0.0813. The van der Waals surface area contributed by atoms with Crippen molar-refractivity contribution >= 4 is 45.1 Å². The number of anilines is 2. The van der Waals surface area contributed by atoms with Crippen LogP contribution in [0.5, 0.6) is 0 Å². The third-order valence-electron chi connectivity index (χ3n) is 7.01. The number of amides is 3.